The van der Waals surface area contributed by atoms with Crippen molar-refractivity contribution in [2.24, 2.45) is 0 Å². The van der Waals surface area contributed by atoms with E-state index in [1.807, 2.05) is 0 Å². The molecule has 5 heteroatoms. The minimum atomic E-state index is -0.822. The third-order valence-electron chi connectivity index (χ3n) is 3.41. The van der Waals surface area contributed by atoms with E-state index in [1.165, 1.54) is 18.2 Å². The van der Waals surface area contributed by atoms with Crippen LogP contribution < -0.4 is 11.1 Å². The fourth-order valence-electron chi connectivity index (χ4n) is 2.28. The molecule has 1 saturated carbocycles. The molecule has 0 heterocycles. The Kier molecular flexibility index (Phi) is 3.52. The van der Waals surface area contributed by atoms with Crippen LogP contribution in [0, 0.1) is 5.82 Å². The molecule has 18 heavy (non-hydrogen) atoms. The minimum absolute atomic E-state index is 0.108. The minimum Gasteiger partial charge on any atom is -0.396 e. The lowest BCUT2D eigenvalue weighted by Gasteiger charge is -2.22. The summed E-state index contributed by atoms with van der Waals surface area (Å²) in [5.41, 5.74) is 4.63. The molecule has 1 aromatic carbocycles. The van der Waals surface area contributed by atoms with Crippen molar-refractivity contribution in [2.45, 2.75) is 31.3 Å². The van der Waals surface area contributed by atoms with Crippen LogP contribution >= 0.6 is 0 Å². The first-order valence-electron chi connectivity index (χ1n) is 6.06. The highest BCUT2D eigenvalue weighted by molar-refractivity contribution is 5.99. The lowest BCUT2D eigenvalue weighted by atomic mass is 10.0. The van der Waals surface area contributed by atoms with Gasteiger partial charge in [-0.25, -0.2) is 4.39 Å². The highest BCUT2D eigenvalue weighted by atomic mass is 19.1. The Bertz CT molecular complexity index is 456. The second kappa shape index (κ2) is 4.94. The molecule has 0 aliphatic heterocycles. The predicted molar refractivity (Wildman–Crippen MR) is 66.6 cm³/mol. The van der Waals surface area contributed by atoms with E-state index in [9.17, 15) is 14.3 Å². The van der Waals surface area contributed by atoms with E-state index in [0.717, 1.165) is 12.8 Å². The third-order valence-corrected chi connectivity index (χ3v) is 3.41. The molecule has 1 aliphatic rings. The summed E-state index contributed by atoms with van der Waals surface area (Å²) in [4.78, 5) is 11.8. The lowest BCUT2D eigenvalue weighted by molar-refractivity contribution is 0.0450. The topological polar surface area (TPSA) is 75.4 Å². The van der Waals surface area contributed by atoms with Gasteiger partial charge in [-0.15, -0.1) is 0 Å². The van der Waals surface area contributed by atoms with Gasteiger partial charge in [0.05, 0.1) is 16.9 Å². The molecule has 0 aromatic heterocycles. The summed E-state index contributed by atoms with van der Waals surface area (Å²) in [6.07, 6.45) is 3.31. The van der Waals surface area contributed by atoms with Gasteiger partial charge in [-0.3, -0.25) is 4.79 Å². The van der Waals surface area contributed by atoms with Crippen molar-refractivity contribution < 1.29 is 14.3 Å². The largest absolute Gasteiger partial charge is 0.396 e. The maximum absolute atomic E-state index is 13.2. The van der Waals surface area contributed by atoms with E-state index in [2.05, 4.69) is 5.32 Å². The van der Waals surface area contributed by atoms with Crippen LogP contribution in [-0.4, -0.2) is 23.2 Å². The molecule has 4 N–H and O–H groups in total. The van der Waals surface area contributed by atoms with E-state index in [1.54, 1.807) is 0 Å². The summed E-state index contributed by atoms with van der Waals surface area (Å²) < 4.78 is 13.2. The smallest absolute Gasteiger partial charge is 0.253 e. The Morgan fingerprint density at radius 1 is 1.44 bits per heavy atom. The van der Waals surface area contributed by atoms with Crippen molar-refractivity contribution in [3.8, 4) is 0 Å². The van der Waals surface area contributed by atoms with Crippen molar-refractivity contribution in [1.82, 2.24) is 5.32 Å². The van der Waals surface area contributed by atoms with Crippen molar-refractivity contribution in [3.63, 3.8) is 0 Å². The first-order chi connectivity index (χ1) is 8.52. The van der Waals surface area contributed by atoms with Crippen molar-refractivity contribution in [3.05, 3.63) is 29.6 Å². The Balaban J connectivity index is 2.01. The van der Waals surface area contributed by atoms with E-state index >= 15 is 0 Å². The normalized spacial score (nSPS) is 17.7. The number of hydrogen-bond donors (Lipinski definition) is 3. The number of para-hydroxylation sites is 1. The molecule has 1 fully saturated rings. The van der Waals surface area contributed by atoms with Crippen LogP contribution in [0.4, 0.5) is 10.1 Å². The number of carbonyl (C=O) groups excluding carboxylic acids is 1. The SMILES string of the molecule is Nc1c(F)cccc1C(=O)NCC1(O)CCCC1. The van der Waals surface area contributed by atoms with E-state index in [0.29, 0.717) is 12.8 Å². The highest BCUT2D eigenvalue weighted by Crippen LogP contribution is 2.28. The van der Waals surface area contributed by atoms with E-state index in [-0.39, 0.29) is 17.8 Å². The second-order valence-electron chi connectivity index (χ2n) is 4.82. The van der Waals surface area contributed by atoms with Crippen LogP contribution in [0.3, 0.4) is 0 Å². The molecular formula is C13H17FN2O2. The number of hydrogen-bond acceptors (Lipinski definition) is 3. The summed E-state index contributed by atoms with van der Waals surface area (Å²) in [6, 6.07) is 4.11. The van der Waals surface area contributed by atoms with Crippen molar-refractivity contribution in [2.75, 3.05) is 12.3 Å². The Hall–Kier alpha value is -1.62. The van der Waals surface area contributed by atoms with Gasteiger partial charge < -0.3 is 16.2 Å². The molecule has 0 unspecified atom stereocenters. The average molecular weight is 252 g/mol. The Morgan fingerprint density at radius 3 is 2.78 bits per heavy atom. The number of nitrogens with two attached hydrogens (primary N) is 1. The number of anilines is 1. The van der Waals surface area contributed by atoms with Gasteiger partial charge in [0.2, 0.25) is 0 Å². The second-order valence-corrected chi connectivity index (χ2v) is 4.82. The monoisotopic (exact) mass is 252 g/mol. The van der Waals surface area contributed by atoms with Crippen LogP contribution in [0.1, 0.15) is 36.0 Å². The quantitative estimate of drug-likeness (QED) is 0.712. The molecule has 1 aromatic rings. The van der Waals surface area contributed by atoms with Crippen LogP contribution in [-0.2, 0) is 0 Å². The van der Waals surface area contributed by atoms with Gasteiger partial charge in [0.25, 0.3) is 5.91 Å². The van der Waals surface area contributed by atoms with Crippen LogP contribution in [0.15, 0.2) is 18.2 Å². The fourth-order valence-corrected chi connectivity index (χ4v) is 2.28. The molecule has 1 amide bonds. The summed E-state index contributed by atoms with van der Waals surface area (Å²) in [6.45, 7) is 0.182. The molecular weight excluding hydrogens is 235 g/mol. The number of benzene rings is 1. The number of amides is 1. The number of nitrogens with one attached hydrogen (secondary N) is 1. The predicted octanol–water partition coefficient (Wildman–Crippen LogP) is 1.44. The van der Waals surface area contributed by atoms with Gasteiger partial charge in [-0.05, 0) is 25.0 Å². The first kappa shape index (κ1) is 12.8. The lowest BCUT2D eigenvalue weighted by Crippen LogP contribution is -2.41. The molecule has 0 bridgehead atoms. The molecule has 0 atom stereocenters. The zero-order valence-electron chi connectivity index (χ0n) is 10.1. The number of nitrogen functional groups attached to an aromatic ring is 1. The van der Waals surface area contributed by atoms with Crippen LogP contribution in [0.5, 0.6) is 0 Å². The molecule has 0 radical (unpaired) electrons. The standard InChI is InChI=1S/C13H17FN2O2/c14-10-5-3-4-9(11(10)15)12(17)16-8-13(18)6-1-2-7-13/h3-5,18H,1-2,6-8,15H2,(H,16,17). The maximum atomic E-state index is 13.2. The van der Waals surface area contributed by atoms with Gasteiger partial charge in [-0.2, -0.15) is 0 Å². The molecule has 98 valence electrons. The molecule has 0 spiro atoms. The first-order valence-corrected chi connectivity index (χ1v) is 6.06. The zero-order valence-corrected chi connectivity index (χ0v) is 10.1. The third kappa shape index (κ3) is 2.61. The number of aliphatic hydroxyl groups is 1. The highest BCUT2D eigenvalue weighted by Gasteiger charge is 2.31. The average Bonchev–Trinajstić information content (AvgIpc) is 2.77. The van der Waals surface area contributed by atoms with Crippen LogP contribution in [0.2, 0.25) is 0 Å². The Labute approximate surface area is 105 Å². The van der Waals surface area contributed by atoms with E-state index < -0.39 is 17.3 Å². The Morgan fingerprint density at radius 2 is 2.11 bits per heavy atom. The summed E-state index contributed by atoms with van der Waals surface area (Å²) in [5.74, 6) is -1.06. The number of halogens is 1. The zero-order chi connectivity index (χ0) is 13.2. The summed E-state index contributed by atoms with van der Waals surface area (Å²) in [5, 5.41) is 12.7. The molecule has 4 nitrogen and oxygen atoms in total. The van der Waals surface area contributed by atoms with Gasteiger partial charge in [0.15, 0.2) is 0 Å². The van der Waals surface area contributed by atoms with Gasteiger partial charge in [-0.1, -0.05) is 18.9 Å². The summed E-state index contributed by atoms with van der Waals surface area (Å²) in [7, 11) is 0. The maximum Gasteiger partial charge on any atom is 0.253 e. The van der Waals surface area contributed by atoms with Crippen molar-refractivity contribution in [1.29, 1.82) is 0 Å². The van der Waals surface area contributed by atoms with Gasteiger partial charge in [0, 0.05) is 6.54 Å². The van der Waals surface area contributed by atoms with Crippen molar-refractivity contribution >= 4 is 11.6 Å². The molecule has 1 aliphatic carbocycles. The van der Waals surface area contributed by atoms with Gasteiger partial charge >= 0.3 is 0 Å². The van der Waals surface area contributed by atoms with E-state index in [4.69, 9.17) is 5.73 Å². The molecule has 2 rings (SSSR count). The molecule has 0 saturated heterocycles. The number of rotatable bonds is 3. The fraction of sp³-hybridized carbons (Fsp3) is 0.462. The summed E-state index contributed by atoms with van der Waals surface area (Å²) >= 11 is 0. The van der Waals surface area contributed by atoms with Gasteiger partial charge in [0.1, 0.15) is 5.82 Å². The number of carbonyl (C=O) groups is 1. The van der Waals surface area contributed by atoms with Crippen LogP contribution in [0.25, 0.3) is 0 Å².